The van der Waals surface area contributed by atoms with Crippen LogP contribution in [0.15, 0.2) is 72.8 Å². The minimum Gasteiger partial charge on any atom is -0.493 e. The van der Waals surface area contributed by atoms with E-state index in [2.05, 4.69) is 36.4 Å². The summed E-state index contributed by atoms with van der Waals surface area (Å²) in [5.74, 6) is 4.09. The van der Waals surface area contributed by atoms with E-state index in [0.717, 1.165) is 33.4 Å². The van der Waals surface area contributed by atoms with E-state index in [9.17, 15) is 0 Å². The second-order valence-electron chi connectivity index (χ2n) is 9.18. The average Bonchev–Trinajstić information content (AvgIpc) is 3.04. The van der Waals surface area contributed by atoms with Gasteiger partial charge in [-0.3, -0.25) is 0 Å². The van der Waals surface area contributed by atoms with Crippen molar-refractivity contribution in [3.63, 3.8) is 0 Å². The second kappa shape index (κ2) is 14.5. The van der Waals surface area contributed by atoms with Crippen LogP contribution in [-0.2, 0) is 0 Å². The van der Waals surface area contributed by atoms with Crippen LogP contribution in [0.3, 0.4) is 0 Å². The van der Waals surface area contributed by atoms with Crippen molar-refractivity contribution < 1.29 is 28.4 Å². The summed E-state index contributed by atoms with van der Waals surface area (Å²) in [4.78, 5) is 0. The maximum Gasteiger partial charge on any atom is 0.167 e. The van der Waals surface area contributed by atoms with Crippen molar-refractivity contribution >= 4 is 36.5 Å². The molecule has 4 rings (SSSR count). The van der Waals surface area contributed by atoms with Crippen LogP contribution < -0.4 is 28.4 Å². The SMILES string of the molecule is COc1cccc(C=Cc2cc(C=Cc3cccc(OC)c3OC)cc(C=Cc3cccc(OC)c3OC)c2)c1OC. The molecule has 6 heteroatoms. The van der Waals surface area contributed by atoms with E-state index in [1.165, 1.54) is 0 Å². The summed E-state index contributed by atoms with van der Waals surface area (Å²) in [6, 6.07) is 23.8. The van der Waals surface area contributed by atoms with Crippen LogP contribution in [0.4, 0.5) is 0 Å². The molecule has 0 atom stereocenters. The quantitative estimate of drug-likeness (QED) is 0.162. The maximum atomic E-state index is 5.62. The minimum absolute atomic E-state index is 0.680. The van der Waals surface area contributed by atoms with E-state index in [4.69, 9.17) is 28.4 Å². The summed E-state index contributed by atoms with van der Waals surface area (Å²) in [6.07, 6.45) is 12.2. The molecule has 0 fully saturated rings. The summed E-state index contributed by atoms with van der Waals surface area (Å²) in [5.41, 5.74) is 5.78. The van der Waals surface area contributed by atoms with Gasteiger partial charge in [0.1, 0.15) is 0 Å². The summed E-state index contributed by atoms with van der Waals surface area (Å²) in [5, 5.41) is 0. The molecule has 0 heterocycles. The van der Waals surface area contributed by atoms with E-state index in [-0.39, 0.29) is 0 Å². The van der Waals surface area contributed by atoms with Gasteiger partial charge in [0, 0.05) is 16.7 Å². The van der Waals surface area contributed by atoms with Gasteiger partial charge in [-0.25, -0.2) is 0 Å². The Kier molecular flexibility index (Phi) is 10.3. The number of ether oxygens (including phenoxy) is 6. The van der Waals surface area contributed by atoms with E-state index in [1.807, 2.05) is 72.8 Å². The van der Waals surface area contributed by atoms with Gasteiger partial charge in [0.15, 0.2) is 34.5 Å². The Balaban J connectivity index is 1.77. The fraction of sp³-hybridized carbons (Fsp3) is 0.167. The molecule has 0 N–H and O–H groups in total. The number of hydrogen-bond donors (Lipinski definition) is 0. The molecule has 4 aromatic rings. The third-order valence-corrected chi connectivity index (χ3v) is 6.67. The zero-order chi connectivity index (χ0) is 29.9. The van der Waals surface area contributed by atoms with Gasteiger partial charge < -0.3 is 28.4 Å². The van der Waals surface area contributed by atoms with Crippen molar-refractivity contribution in [2.24, 2.45) is 0 Å². The number of benzene rings is 4. The van der Waals surface area contributed by atoms with Crippen LogP contribution in [0.2, 0.25) is 0 Å². The van der Waals surface area contributed by atoms with Gasteiger partial charge in [-0.2, -0.15) is 0 Å². The minimum atomic E-state index is 0.680. The monoisotopic (exact) mass is 564 g/mol. The van der Waals surface area contributed by atoms with Crippen molar-refractivity contribution in [1.29, 1.82) is 0 Å². The molecular formula is C36H36O6. The first kappa shape index (κ1) is 29.9. The first-order valence-electron chi connectivity index (χ1n) is 13.4. The molecule has 4 aromatic carbocycles. The smallest absolute Gasteiger partial charge is 0.167 e. The standard InChI is InChI=1S/C36H36O6/c1-37-31-13-7-10-28(34(31)40-4)19-16-25-22-26(17-20-29-11-8-14-32(38-2)35(29)41-5)24-27(23-25)18-21-30-12-9-15-33(39-3)36(30)42-6/h7-24H,1-6H3. The molecule has 0 unspecified atom stereocenters. The molecule has 0 aliphatic carbocycles. The summed E-state index contributed by atoms with van der Waals surface area (Å²) < 4.78 is 33.3. The first-order chi connectivity index (χ1) is 20.5. The predicted octanol–water partition coefficient (Wildman–Crippen LogP) is 8.25. The molecule has 0 bridgehead atoms. The fourth-order valence-corrected chi connectivity index (χ4v) is 4.68. The molecular weight excluding hydrogens is 528 g/mol. The highest BCUT2D eigenvalue weighted by Gasteiger charge is 2.09. The number of hydrogen-bond acceptors (Lipinski definition) is 6. The molecule has 216 valence electrons. The Bertz CT molecular complexity index is 1400. The van der Waals surface area contributed by atoms with Crippen molar-refractivity contribution in [3.8, 4) is 34.5 Å². The van der Waals surface area contributed by atoms with Crippen molar-refractivity contribution in [2.75, 3.05) is 42.7 Å². The van der Waals surface area contributed by atoms with E-state index < -0.39 is 0 Å². The molecule has 0 radical (unpaired) electrons. The number of rotatable bonds is 12. The number of para-hydroxylation sites is 3. The van der Waals surface area contributed by atoms with E-state index in [0.29, 0.717) is 34.5 Å². The van der Waals surface area contributed by atoms with Crippen LogP contribution in [-0.4, -0.2) is 42.7 Å². The lowest BCUT2D eigenvalue weighted by Crippen LogP contribution is -1.92. The van der Waals surface area contributed by atoms with Gasteiger partial charge in [-0.05, 0) is 53.1 Å². The highest BCUT2D eigenvalue weighted by Crippen LogP contribution is 2.34. The molecule has 42 heavy (non-hydrogen) atoms. The van der Waals surface area contributed by atoms with Crippen LogP contribution in [0.25, 0.3) is 36.5 Å². The molecule has 0 spiro atoms. The van der Waals surface area contributed by atoms with Crippen LogP contribution in [0, 0.1) is 0 Å². The Morgan fingerprint density at radius 2 is 0.643 bits per heavy atom. The maximum absolute atomic E-state index is 5.62. The van der Waals surface area contributed by atoms with E-state index in [1.54, 1.807) is 42.7 Å². The van der Waals surface area contributed by atoms with Gasteiger partial charge in [-0.15, -0.1) is 0 Å². The Morgan fingerprint density at radius 3 is 0.881 bits per heavy atom. The zero-order valence-electron chi connectivity index (χ0n) is 24.8. The van der Waals surface area contributed by atoms with Gasteiger partial charge in [0.2, 0.25) is 0 Å². The predicted molar refractivity (Wildman–Crippen MR) is 172 cm³/mol. The third-order valence-electron chi connectivity index (χ3n) is 6.67. The van der Waals surface area contributed by atoms with Crippen molar-refractivity contribution in [2.45, 2.75) is 0 Å². The lowest BCUT2D eigenvalue weighted by molar-refractivity contribution is 0.354. The van der Waals surface area contributed by atoms with Crippen LogP contribution in [0.1, 0.15) is 33.4 Å². The normalized spacial score (nSPS) is 11.3. The lowest BCUT2D eigenvalue weighted by atomic mass is 10.0. The molecule has 0 saturated heterocycles. The molecule has 0 aliphatic heterocycles. The highest BCUT2D eigenvalue weighted by atomic mass is 16.5. The highest BCUT2D eigenvalue weighted by molar-refractivity contribution is 5.81. The second-order valence-corrected chi connectivity index (χ2v) is 9.18. The summed E-state index contributed by atoms with van der Waals surface area (Å²) >= 11 is 0. The van der Waals surface area contributed by atoms with Crippen LogP contribution in [0.5, 0.6) is 34.5 Å². The Labute approximate surface area is 248 Å². The number of methoxy groups -OCH3 is 6. The van der Waals surface area contributed by atoms with Gasteiger partial charge in [0.25, 0.3) is 0 Å². The average molecular weight is 565 g/mol. The topological polar surface area (TPSA) is 55.4 Å². The van der Waals surface area contributed by atoms with Crippen molar-refractivity contribution in [3.05, 3.63) is 106 Å². The summed E-state index contributed by atoms with van der Waals surface area (Å²) in [6.45, 7) is 0. The first-order valence-corrected chi connectivity index (χ1v) is 13.4. The molecule has 0 saturated carbocycles. The molecule has 0 amide bonds. The van der Waals surface area contributed by atoms with Gasteiger partial charge >= 0.3 is 0 Å². The lowest BCUT2D eigenvalue weighted by Gasteiger charge is -2.11. The largest absolute Gasteiger partial charge is 0.493 e. The fourth-order valence-electron chi connectivity index (χ4n) is 4.68. The Hall–Kier alpha value is -5.10. The van der Waals surface area contributed by atoms with Gasteiger partial charge in [-0.1, -0.05) is 72.9 Å². The van der Waals surface area contributed by atoms with Crippen LogP contribution >= 0.6 is 0 Å². The molecule has 0 aliphatic rings. The van der Waals surface area contributed by atoms with Gasteiger partial charge in [0.05, 0.1) is 42.7 Å². The zero-order valence-corrected chi connectivity index (χ0v) is 24.8. The molecule has 6 nitrogen and oxygen atoms in total. The third kappa shape index (κ3) is 6.96. The Morgan fingerprint density at radius 1 is 0.357 bits per heavy atom. The van der Waals surface area contributed by atoms with E-state index >= 15 is 0 Å². The molecule has 0 aromatic heterocycles. The summed E-state index contributed by atoms with van der Waals surface area (Å²) in [7, 11) is 9.83. The van der Waals surface area contributed by atoms with Crippen molar-refractivity contribution in [1.82, 2.24) is 0 Å².